The van der Waals surface area contributed by atoms with Crippen LogP contribution in [0.5, 0.6) is 5.75 Å². The summed E-state index contributed by atoms with van der Waals surface area (Å²) in [7, 11) is 3.82. The zero-order chi connectivity index (χ0) is 15.2. The molecule has 0 atom stereocenters. The molecule has 0 radical (unpaired) electrons. The lowest BCUT2D eigenvalue weighted by Crippen LogP contribution is -2.38. The first-order chi connectivity index (χ1) is 9.31. The first-order valence-electron chi connectivity index (χ1n) is 7.04. The third-order valence-corrected chi connectivity index (χ3v) is 3.00. The Morgan fingerprint density at radius 2 is 1.95 bits per heavy atom. The van der Waals surface area contributed by atoms with Gasteiger partial charge in [-0.3, -0.25) is 4.90 Å². The van der Waals surface area contributed by atoms with Gasteiger partial charge in [-0.2, -0.15) is 0 Å². The Balaban J connectivity index is 2.47. The van der Waals surface area contributed by atoms with Gasteiger partial charge in [-0.25, -0.2) is 0 Å². The Morgan fingerprint density at radius 3 is 2.55 bits per heavy atom. The third kappa shape index (κ3) is 6.22. The Morgan fingerprint density at radius 1 is 1.30 bits per heavy atom. The van der Waals surface area contributed by atoms with Crippen LogP contribution in [0, 0.1) is 0 Å². The van der Waals surface area contributed by atoms with Crippen LogP contribution in [-0.2, 0) is 6.54 Å². The lowest BCUT2D eigenvalue weighted by molar-refractivity contribution is 0.334. The highest BCUT2D eigenvalue weighted by Gasteiger charge is 2.10. The summed E-state index contributed by atoms with van der Waals surface area (Å²) in [5.74, 6) is 0.942. The number of methoxy groups -OCH3 is 1. The SMILES string of the molecule is C=C(CNC(C)(C)C)CN(C)Cc1ccccc1OC. The minimum Gasteiger partial charge on any atom is -0.496 e. The van der Waals surface area contributed by atoms with E-state index in [1.807, 2.05) is 18.2 Å². The number of hydrogen-bond donors (Lipinski definition) is 1. The van der Waals surface area contributed by atoms with E-state index in [-0.39, 0.29) is 5.54 Å². The molecule has 0 bridgehead atoms. The molecule has 20 heavy (non-hydrogen) atoms. The first kappa shape index (κ1) is 16.7. The van der Waals surface area contributed by atoms with Gasteiger partial charge >= 0.3 is 0 Å². The molecule has 1 N–H and O–H groups in total. The van der Waals surface area contributed by atoms with Crippen molar-refractivity contribution in [3.8, 4) is 5.75 Å². The molecule has 0 aliphatic carbocycles. The summed E-state index contributed by atoms with van der Waals surface area (Å²) in [6.07, 6.45) is 0. The highest BCUT2D eigenvalue weighted by molar-refractivity contribution is 5.33. The van der Waals surface area contributed by atoms with Crippen LogP contribution in [0.1, 0.15) is 26.3 Å². The largest absolute Gasteiger partial charge is 0.496 e. The second-order valence-electron chi connectivity index (χ2n) is 6.34. The average molecular weight is 276 g/mol. The fourth-order valence-electron chi connectivity index (χ4n) is 2.01. The predicted octanol–water partition coefficient (Wildman–Crippen LogP) is 3.07. The number of ether oxygens (including phenoxy) is 1. The lowest BCUT2D eigenvalue weighted by atomic mass is 10.1. The highest BCUT2D eigenvalue weighted by Crippen LogP contribution is 2.18. The molecule has 0 unspecified atom stereocenters. The minimum absolute atomic E-state index is 0.129. The van der Waals surface area contributed by atoms with Crippen molar-refractivity contribution in [1.82, 2.24) is 10.2 Å². The number of hydrogen-bond acceptors (Lipinski definition) is 3. The number of nitrogens with one attached hydrogen (secondary N) is 1. The smallest absolute Gasteiger partial charge is 0.123 e. The van der Waals surface area contributed by atoms with Crippen molar-refractivity contribution in [3.63, 3.8) is 0 Å². The van der Waals surface area contributed by atoms with Gasteiger partial charge in [0, 0.05) is 30.7 Å². The topological polar surface area (TPSA) is 24.5 Å². The molecule has 0 saturated carbocycles. The molecule has 0 spiro atoms. The van der Waals surface area contributed by atoms with Crippen molar-refractivity contribution in [2.24, 2.45) is 0 Å². The molecular formula is C17H28N2O. The Hall–Kier alpha value is -1.32. The third-order valence-electron chi connectivity index (χ3n) is 3.00. The van der Waals surface area contributed by atoms with Crippen LogP contribution >= 0.6 is 0 Å². The van der Waals surface area contributed by atoms with Crippen molar-refractivity contribution in [2.75, 3.05) is 27.2 Å². The maximum Gasteiger partial charge on any atom is 0.123 e. The van der Waals surface area contributed by atoms with Crippen LogP contribution in [0.25, 0.3) is 0 Å². The quantitative estimate of drug-likeness (QED) is 0.775. The standard InChI is InChI=1S/C17H28N2O/c1-14(11-18-17(2,3)4)12-19(5)13-15-9-7-8-10-16(15)20-6/h7-10,18H,1,11-13H2,2-6H3. The first-order valence-corrected chi connectivity index (χ1v) is 7.04. The molecule has 0 amide bonds. The monoisotopic (exact) mass is 276 g/mol. The second kappa shape index (κ2) is 7.46. The van der Waals surface area contributed by atoms with E-state index in [2.05, 4.69) is 50.7 Å². The summed E-state index contributed by atoms with van der Waals surface area (Å²) in [4.78, 5) is 2.25. The summed E-state index contributed by atoms with van der Waals surface area (Å²) in [6.45, 7) is 13.2. The summed E-state index contributed by atoms with van der Waals surface area (Å²) in [6, 6.07) is 8.14. The maximum atomic E-state index is 5.38. The van der Waals surface area contributed by atoms with E-state index >= 15 is 0 Å². The molecule has 0 saturated heterocycles. The van der Waals surface area contributed by atoms with Gasteiger partial charge in [0.2, 0.25) is 0 Å². The van der Waals surface area contributed by atoms with Crippen LogP contribution in [0.4, 0.5) is 0 Å². The van der Waals surface area contributed by atoms with Crippen LogP contribution in [0.3, 0.4) is 0 Å². The highest BCUT2D eigenvalue weighted by atomic mass is 16.5. The molecule has 112 valence electrons. The van der Waals surface area contributed by atoms with Crippen molar-refractivity contribution in [1.29, 1.82) is 0 Å². The molecule has 0 fully saturated rings. The van der Waals surface area contributed by atoms with E-state index in [1.165, 1.54) is 11.1 Å². The summed E-state index contributed by atoms with van der Waals surface area (Å²) >= 11 is 0. The average Bonchev–Trinajstić information content (AvgIpc) is 2.36. The van der Waals surface area contributed by atoms with Crippen LogP contribution in [0.2, 0.25) is 0 Å². The molecule has 0 aromatic heterocycles. The summed E-state index contributed by atoms with van der Waals surface area (Å²) in [5.41, 5.74) is 2.52. The van der Waals surface area contributed by atoms with Gasteiger partial charge in [0.15, 0.2) is 0 Å². The molecule has 1 aromatic carbocycles. The van der Waals surface area contributed by atoms with E-state index in [0.717, 1.165) is 25.4 Å². The fourth-order valence-corrected chi connectivity index (χ4v) is 2.01. The van der Waals surface area contributed by atoms with Crippen LogP contribution in [0.15, 0.2) is 36.4 Å². The number of benzene rings is 1. The molecule has 0 heterocycles. The zero-order valence-electron chi connectivity index (χ0n) is 13.5. The van der Waals surface area contributed by atoms with Gasteiger partial charge in [-0.05, 0) is 39.5 Å². The number of likely N-dealkylation sites (N-methyl/N-ethyl adjacent to an activating group) is 1. The van der Waals surface area contributed by atoms with E-state index < -0.39 is 0 Å². The fraction of sp³-hybridized carbons (Fsp3) is 0.529. The zero-order valence-corrected chi connectivity index (χ0v) is 13.5. The van der Waals surface area contributed by atoms with Gasteiger partial charge in [-0.15, -0.1) is 0 Å². The Bertz CT molecular complexity index is 435. The van der Waals surface area contributed by atoms with Gasteiger partial charge in [-0.1, -0.05) is 24.8 Å². The van der Waals surface area contributed by atoms with Gasteiger partial charge in [0.05, 0.1) is 7.11 Å². The molecular weight excluding hydrogens is 248 g/mol. The van der Waals surface area contributed by atoms with Crippen molar-refractivity contribution < 1.29 is 4.74 Å². The van der Waals surface area contributed by atoms with Gasteiger partial charge < -0.3 is 10.1 Å². The van der Waals surface area contributed by atoms with Gasteiger partial charge in [0.25, 0.3) is 0 Å². The number of nitrogens with zero attached hydrogens (tertiary/aromatic N) is 1. The molecule has 0 aliphatic heterocycles. The Kier molecular flexibility index (Phi) is 6.24. The molecule has 3 nitrogen and oxygen atoms in total. The molecule has 1 rings (SSSR count). The van der Waals surface area contributed by atoms with Crippen molar-refractivity contribution in [3.05, 3.63) is 42.0 Å². The summed E-state index contributed by atoms with van der Waals surface area (Å²) < 4.78 is 5.38. The van der Waals surface area contributed by atoms with Gasteiger partial charge in [0.1, 0.15) is 5.75 Å². The van der Waals surface area contributed by atoms with Crippen LogP contribution in [-0.4, -0.2) is 37.7 Å². The molecule has 1 aromatic rings. The maximum absolute atomic E-state index is 5.38. The Labute approximate surface area is 123 Å². The second-order valence-corrected chi connectivity index (χ2v) is 6.34. The van der Waals surface area contributed by atoms with E-state index in [4.69, 9.17) is 4.74 Å². The van der Waals surface area contributed by atoms with Crippen molar-refractivity contribution >= 4 is 0 Å². The minimum atomic E-state index is 0.129. The normalized spacial score (nSPS) is 11.7. The number of para-hydroxylation sites is 1. The lowest BCUT2D eigenvalue weighted by Gasteiger charge is -2.24. The summed E-state index contributed by atoms with van der Waals surface area (Å²) in [5, 5.41) is 3.46. The van der Waals surface area contributed by atoms with E-state index in [9.17, 15) is 0 Å². The molecule has 0 aliphatic rings. The molecule has 3 heteroatoms. The van der Waals surface area contributed by atoms with E-state index in [1.54, 1.807) is 7.11 Å². The van der Waals surface area contributed by atoms with Crippen LogP contribution < -0.4 is 10.1 Å². The van der Waals surface area contributed by atoms with E-state index in [0.29, 0.717) is 0 Å². The number of rotatable bonds is 7. The predicted molar refractivity (Wildman–Crippen MR) is 86.2 cm³/mol. The van der Waals surface area contributed by atoms with Crippen molar-refractivity contribution in [2.45, 2.75) is 32.9 Å².